The zero-order valence-corrected chi connectivity index (χ0v) is 17.4. The molecule has 0 aliphatic heterocycles. The molecule has 0 atom stereocenters. The average molecular weight is 435 g/mol. The van der Waals surface area contributed by atoms with Gasteiger partial charge in [0.2, 0.25) is 0 Å². The Balaban J connectivity index is 1.61. The second kappa shape index (κ2) is 10.8. The van der Waals surface area contributed by atoms with Gasteiger partial charge in [-0.25, -0.2) is 10.2 Å². The van der Waals surface area contributed by atoms with Gasteiger partial charge in [0, 0.05) is 16.7 Å². The van der Waals surface area contributed by atoms with Gasteiger partial charge in [0.25, 0.3) is 5.91 Å². The molecular weight excluding hydrogens is 416 g/mol. The number of methoxy groups -OCH3 is 1. The SMILES string of the molecule is COc1cc(C=NNC(=O)c2ccc(Cl)cc2)ccc1OC(=O)C=Cc1ccccc1. The quantitative estimate of drug-likeness (QED) is 0.192. The predicted molar refractivity (Wildman–Crippen MR) is 121 cm³/mol. The van der Waals surface area contributed by atoms with Crippen molar-refractivity contribution in [2.75, 3.05) is 7.11 Å². The number of halogens is 1. The normalized spacial score (nSPS) is 10.9. The summed E-state index contributed by atoms with van der Waals surface area (Å²) in [6.07, 6.45) is 4.47. The highest BCUT2D eigenvalue weighted by molar-refractivity contribution is 6.30. The molecule has 0 bridgehead atoms. The van der Waals surface area contributed by atoms with Gasteiger partial charge >= 0.3 is 5.97 Å². The second-order valence-electron chi connectivity index (χ2n) is 6.28. The van der Waals surface area contributed by atoms with Crippen molar-refractivity contribution < 1.29 is 19.1 Å². The minimum Gasteiger partial charge on any atom is -0.493 e. The van der Waals surface area contributed by atoms with E-state index in [2.05, 4.69) is 10.5 Å². The Kier molecular flexibility index (Phi) is 7.56. The second-order valence-corrected chi connectivity index (χ2v) is 6.72. The van der Waals surface area contributed by atoms with Gasteiger partial charge in [-0.2, -0.15) is 5.10 Å². The lowest BCUT2D eigenvalue weighted by Gasteiger charge is -2.08. The van der Waals surface area contributed by atoms with Gasteiger partial charge in [-0.05, 0) is 59.7 Å². The van der Waals surface area contributed by atoms with Crippen LogP contribution >= 0.6 is 11.6 Å². The molecule has 31 heavy (non-hydrogen) atoms. The number of hydrogen-bond donors (Lipinski definition) is 1. The van der Waals surface area contributed by atoms with Crippen LogP contribution in [0.5, 0.6) is 11.5 Å². The van der Waals surface area contributed by atoms with E-state index in [1.54, 1.807) is 48.5 Å². The monoisotopic (exact) mass is 434 g/mol. The van der Waals surface area contributed by atoms with Crippen LogP contribution in [0.3, 0.4) is 0 Å². The van der Waals surface area contributed by atoms with E-state index < -0.39 is 5.97 Å². The first-order valence-electron chi connectivity index (χ1n) is 9.27. The number of carbonyl (C=O) groups is 2. The van der Waals surface area contributed by atoms with Crippen molar-refractivity contribution in [1.82, 2.24) is 5.43 Å². The zero-order valence-electron chi connectivity index (χ0n) is 16.6. The van der Waals surface area contributed by atoms with Crippen LogP contribution in [-0.4, -0.2) is 25.2 Å². The molecule has 1 N–H and O–H groups in total. The number of benzene rings is 3. The third-order valence-electron chi connectivity index (χ3n) is 4.10. The minimum atomic E-state index is -0.529. The van der Waals surface area contributed by atoms with Crippen LogP contribution in [0.25, 0.3) is 6.08 Å². The number of esters is 1. The van der Waals surface area contributed by atoms with E-state index in [0.29, 0.717) is 21.9 Å². The molecule has 0 fully saturated rings. The van der Waals surface area contributed by atoms with Gasteiger partial charge in [0.15, 0.2) is 11.5 Å². The molecule has 3 aromatic rings. The first-order valence-corrected chi connectivity index (χ1v) is 9.65. The van der Waals surface area contributed by atoms with Gasteiger partial charge in [-0.1, -0.05) is 41.9 Å². The van der Waals surface area contributed by atoms with E-state index >= 15 is 0 Å². The maximum atomic E-state index is 12.1. The number of nitrogens with zero attached hydrogens (tertiary/aromatic N) is 1. The van der Waals surface area contributed by atoms with Crippen molar-refractivity contribution in [2.24, 2.45) is 5.10 Å². The van der Waals surface area contributed by atoms with Crippen LogP contribution in [0.1, 0.15) is 21.5 Å². The number of rotatable bonds is 7. The first-order chi connectivity index (χ1) is 15.0. The number of hydrazone groups is 1. The molecule has 0 aliphatic rings. The molecule has 0 aliphatic carbocycles. The molecule has 7 heteroatoms. The summed E-state index contributed by atoms with van der Waals surface area (Å²) in [5.74, 6) is -0.267. The summed E-state index contributed by atoms with van der Waals surface area (Å²) in [5.41, 5.74) is 4.40. The predicted octanol–water partition coefficient (Wildman–Crippen LogP) is 4.73. The molecule has 0 spiro atoms. The van der Waals surface area contributed by atoms with Gasteiger partial charge in [-0.15, -0.1) is 0 Å². The first kappa shape index (κ1) is 21.8. The van der Waals surface area contributed by atoms with E-state index in [0.717, 1.165) is 5.56 Å². The third-order valence-corrected chi connectivity index (χ3v) is 4.35. The fraction of sp³-hybridized carbons (Fsp3) is 0.0417. The summed E-state index contributed by atoms with van der Waals surface area (Å²) in [5, 5.41) is 4.48. The number of amides is 1. The fourth-order valence-corrected chi connectivity index (χ4v) is 2.68. The standard InChI is InChI=1S/C24H19ClN2O4/c1-30-22-15-18(16-26-27-24(29)19-9-11-20(25)12-10-19)7-13-21(22)31-23(28)14-8-17-5-3-2-4-6-17/h2-16H,1H3,(H,27,29). The molecule has 3 rings (SSSR count). The molecule has 6 nitrogen and oxygen atoms in total. The van der Waals surface area contributed by atoms with E-state index in [4.69, 9.17) is 21.1 Å². The summed E-state index contributed by atoms with van der Waals surface area (Å²) in [6, 6.07) is 20.8. The highest BCUT2D eigenvalue weighted by Crippen LogP contribution is 2.27. The lowest BCUT2D eigenvalue weighted by Crippen LogP contribution is -2.17. The van der Waals surface area contributed by atoms with E-state index in [-0.39, 0.29) is 11.7 Å². The molecule has 3 aromatic carbocycles. The Morgan fingerprint density at radius 3 is 2.39 bits per heavy atom. The Bertz CT molecular complexity index is 1110. The zero-order chi connectivity index (χ0) is 22.1. The largest absolute Gasteiger partial charge is 0.493 e. The van der Waals surface area contributed by atoms with Crippen molar-refractivity contribution in [3.05, 3.63) is 101 Å². The van der Waals surface area contributed by atoms with Gasteiger partial charge in [0.1, 0.15) is 0 Å². The Morgan fingerprint density at radius 2 is 1.68 bits per heavy atom. The molecule has 0 radical (unpaired) electrons. The molecular formula is C24H19ClN2O4. The van der Waals surface area contributed by atoms with Crippen molar-refractivity contribution in [3.8, 4) is 11.5 Å². The van der Waals surface area contributed by atoms with Gasteiger partial charge in [-0.3, -0.25) is 4.79 Å². The molecule has 0 aromatic heterocycles. The highest BCUT2D eigenvalue weighted by Gasteiger charge is 2.09. The van der Waals surface area contributed by atoms with Crippen molar-refractivity contribution in [3.63, 3.8) is 0 Å². The lowest BCUT2D eigenvalue weighted by molar-refractivity contribution is -0.129. The number of nitrogens with one attached hydrogen (secondary N) is 1. The van der Waals surface area contributed by atoms with Crippen LogP contribution in [0.4, 0.5) is 0 Å². The lowest BCUT2D eigenvalue weighted by atomic mass is 10.2. The van der Waals surface area contributed by atoms with Crippen LogP contribution < -0.4 is 14.9 Å². The fourth-order valence-electron chi connectivity index (χ4n) is 2.55. The average Bonchev–Trinajstić information content (AvgIpc) is 2.79. The van der Waals surface area contributed by atoms with Crippen molar-refractivity contribution >= 4 is 35.8 Å². The maximum Gasteiger partial charge on any atom is 0.336 e. The van der Waals surface area contributed by atoms with Crippen molar-refractivity contribution in [1.29, 1.82) is 0 Å². The van der Waals surface area contributed by atoms with Crippen LogP contribution in [0.2, 0.25) is 5.02 Å². The van der Waals surface area contributed by atoms with Gasteiger partial charge in [0.05, 0.1) is 13.3 Å². The Hall–Kier alpha value is -3.90. The minimum absolute atomic E-state index is 0.271. The highest BCUT2D eigenvalue weighted by atomic mass is 35.5. The van der Waals surface area contributed by atoms with E-state index in [1.165, 1.54) is 19.4 Å². The number of hydrogen-bond acceptors (Lipinski definition) is 5. The molecule has 1 amide bonds. The van der Waals surface area contributed by atoms with Crippen LogP contribution in [-0.2, 0) is 4.79 Å². The number of ether oxygens (including phenoxy) is 2. The summed E-state index contributed by atoms with van der Waals surface area (Å²) in [7, 11) is 1.47. The molecule has 0 saturated heterocycles. The Labute approximate surface area is 184 Å². The summed E-state index contributed by atoms with van der Waals surface area (Å²) in [4.78, 5) is 24.1. The topological polar surface area (TPSA) is 77.0 Å². The van der Waals surface area contributed by atoms with Crippen molar-refractivity contribution in [2.45, 2.75) is 0 Å². The van der Waals surface area contributed by atoms with E-state index in [1.807, 2.05) is 30.3 Å². The third kappa shape index (κ3) is 6.55. The summed E-state index contributed by atoms with van der Waals surface area (Å²) in [6.45, 7) is 0. The molecule has 0 heterocycles. The van der Waals surface area contributed by atoms with E-state index in [9.17, 15) is 9.59 Å². The number of carbonyl (C=O) groups excluding carboxylic acids is 2. The van der Waals surface area contributed by atoms with Crippen LogP contribution in [0, 0.1) is 0 Å². The molecule has 156 valence electrons. The van der Waals surface area contributed by atoms with Gasteiger partial charge < -0.3 is 9.47 Å². The summed E-state index contributed by atoms with van der Waals surface area (Å²) < 4.78 is 10.6. The summed E-state index contributed by atoms with van der Waals surface area (Å²) >= 11 is 5.81. The Morgan fingerprint density at radius 1 is 0.935 bits per heavy atom. The smallest absolute Gasteiger partial charge is 0.336 e. The maximum absolute atomic E-state index is 12.1. The molecule has 0 unspecified atom stereocenters. The van der Waals surface area contributed by atoms with Crippen LogP contribution in [0.15, 0.2) is 84.0 Å². The molecule has 0 saturated carbocycles.